The minimum atomic E-state index is 0.128. The zero-order valence-electron chi connectivity index (χ0n) is 18.8. The number of hydrogen-bond donors (Lipinski definition) is 0. The van der Waals surface area contributed by atoms with Crippen LogP contribution in [-0.4, -0.2) is 41.4 Å². The normalized spacial score (nSPS) is 22.8. The van der Waals surface area contributed by atoms with Crippen LogP contribution < -0.4 is 0 Å². The van der Waals surface area contributed by atoms with Gasteiger partial charge in [-0.2, -0.15) is 0 Å². The number of carbonyl (C=O) groups excluding carboxylic acids is 1. The molecule has 2 aromatic carbocycles. The van der Waals surface area contributed by atoms with Gasteiger partial charge in [-0.1, -0.05) is 79.2 Å². The molecule has 2 heterocycles. The van der Waals surface area contributed by atoms with Crippen LogP contribution in [0.1, 0.15) is 44.2 Å². The minimum Gasteiger partial charge on any atom is -0.334 e. The highest BCUT2D eigenvalue weighted by molar-refractivity contribution is 6.03. The fraction of sp³-hybridized carbons (Fsp3) is 0.393. The Kier molecular flexibility index (Phi) is 7.03. The molecule has 2 saturated heterocycles. The zero-order valence-corrected chi connectivity index (χ0v) is 18.8. The van der Waals surface area contributed by atoms with Gasteiger partial charge in [0.2, 0.25) is 0 Å². The third kappa shape index (κ3) is 5.16. The van der Waals surface area contributed by atoms with E-state index in [9.17, 15) is 4.79 Å². The summed E-state index contributed by atoms with van der Waals surface area (Å²) < 4.78 is 0. The summed E-state index contributed by atoms with van der Waals surface area (Å²) in [6.45, 7) is 8.16. The molecule has 4 rings (SSSR count). The Morgan fingerprint density at radius 3 is 2.32 bits per heavy atom. The zero-order chi connectivity index (χ0) is 21.6. The van der Waals surface area contributed by atoms with E-state index in [2.05, 4.69) is 55.2 Å². The van der Waals surface area contributed by atoms with Crippen molar-refractivity contribution in [3.8, 4) is 0 Å². The largest absolute Gasteiger partial charge is 0.334 e. The van der Waals surface area contributed by atoms with E-state index < -0.39 is 0 Å². The van der Waals surface area contributed by atoms with Gasteiger partial charge in [-0.3, -0.25) is 9.69 Å². The molecular formula is C28H34N2O. The highest BCUT2D eigenvalue weighted by atomic mass is 16.2. The Hall–Kier alpha value is -2.65. The lowest BCUT2D eigenvalue weighted by Gasteiger charge is -2.30. The third-order valence-electron chi connectivity index (χ3n) is 6.72. The van der Waals surface area contributed by atoms with Crippen LogP contribution in [0, 0.1) is 5.92 Å². The highest BCUT2D eigenvalue weighted by Gasteiger charge is 2.35. The summed E-state index contributed by atoms with van der Waals surface area (Å²) in [5.74, 6) is 0.300. The standard InChI is InChI=1S/C28H34N2O/c1-22(29-18-10-5-11-19-29)16-17-26-21-30(20-24-12-6-3-7-13-24)28(31)27(26)23(2)25-14-8-4-9-15-25/h3-4,6-9,12-17,22,26H,5,10-11,18-21H2,1-2H3/b17-16+,27-23-. The van der Waals surface area contributed by atoms with E-state index in [1.54, 1.807) is 0 Å². The van der Waals surface area contributed by atoms with E-state index in [0.717, 1.165) is 23.3 Å². The molecule has 2 aliphatic rings. The molecule has 0 aromatic heterocycles. The maximum Gasteiger partial charge on any atom is 0.251 e. The molecule has 2 unspecified atom stereocenters. The van der Waals surface area contributed by atoms with E-state index in [1.165, 1.54) is 37.9 Å². The Bertz CT molecular complexity index is 926. The van der Waals surface area contributed by atoms with Gasteiger partial charge in [0.25, 0.3) is 5.91 Å². The second kappa shape index (κ2) is 10.1. The van der Waals surface area contributed by atoms with Gasteiger partial charge in [-0.25, -0.2) is 0 Å². The average Bonchev–Trinajstić information content (AvgIpc) is 3.13. The first-order valence-electron chi connectivity index (χ1n) is 11.7. The van der Waals surface area contributed by atoms with Crippen molar-refractivity contribution >= 4 is 11.5 Å². The maximum absolute atomic E-state index is 13.5. The fourth-order valence-electron chi connectivity index (χ4n) is 4.86. The molecule has 2 aromatic rings. The highest BCUT2D eigenvalue weighted by Crippen LogP contribution is 2.33. The molecule has 3 nitrogen and oxygen atoms in total. The number of rotatable bonds is 6. The van der Waals surface area contributed by atoms with Gasteiger partial charge >= 0.3 is 0 Å². The summed E-state index contributed by atoms with van der Waals surface area (Å²) in [5, 5.41) is 0. The molecule has 2 fully saturated rings. The number of piperidine rings is 1. The molecule has 162 valence electrons. The summed E-state index contributed by atoms with van der Waals surface area (Å²) in [6.07, 6.45) is 8.56. The molecule has 0 N–H and O–H groups in total. The Morgan fingerprint density at radius 2 is 1.65 bits per heavy atom. The van der Waals surface area contributed by atoms with Gasteiger partial charge < -0.3 is 4.90 Å². The van der Waals surface area contributed by atoms with E-state index in [1.807, 2.05) is 41.3 Å². The van der Waals surface area contributed by atoms with Crippen LogP contribution in [-0.2, 0) is 11.3 Å². The lowest BCUT2D eigenvalue weighted by molar-refractivity contribution is -0.125. The lowest BCUT2D eigenvalue weighted by atomic mass is 9.92. The molecule has 2 atom stereocenters. The summed E-state index contributed by atoms with van der Waals surface area (Å²) in [5.41, 5.74) is 4.36. The summed E-state index contributed by atoms with van der Waals surface area (Å²) >= 11 is 0. The number of amides is 1. The summed E-state index contributed by atoms with van der Waals surface area (Å²) in [7, 11) is 0. The monoisotopic (exact) mass is 414 g/mol. The van der Waals surface area contributed by atoms with Crippen molar-refractivity contribution < 1.29 is 4.79 Å². The molecule has 0 spiro atoms. The minimum absolute atomic E-state index is 0.128. The van der Waals surface area contributed by atoms with E-state index in [4.69, 9.17) is 0 Å². The molecule has 3 heteroatoms. The molecule has 1 amide bonds. The van der Waals surface area contributed by atoms with Crippen molar-refractivity contribution in [3.05, 3.63) is 89.5 Å². The number of allylic oxidation sites excluding steroid dienone is 1. The Labute approximate surface area is 187 Å². The third-order valence-corrected chi connectivity index (χ3v) is 6.72. The number of nitrogens with zero attached hydrogens (tertiary/aromatic N) is 2. The van der Waals surface area contributed by atoms with Crippen LogP contribution in [0.2, 0.25) is 0 Å². The van der Waals surface area contributed by atoms with Gasteiger partial charge in [0.15, 0.2) is 0 Å². The average molecular weight is 415 g/mol. The van der Waals surface area contributed by atoms with Gasteiger partial charge in [0.05, 0.1) is 0 Å². The van der Waals surface area contributed by atoms with Gasteiger partial charge in [-0.05, 0) is 56.5 Å². The predicted molar refractivity (Wildman–Crippen MR) is 128 cm³/mol. The first-order chi connectivity index (χ1) is 15.1. The van der Waals surface area contributed by atoms with Crippen LogP contribution in [0.4, 0.5) is 0 Å². The fourth-order valence-corrected chi connectivity index (χ4v) is 4.86. The number of hydrogen-bond acceptors (Lipinski definition) is 2. The molecular weight excluding hydrogens is 380 g/mol. The Morgan fingerprint density at radius 1 is 1.00 bits per heavy atom. The van der Waals surface area contributed by atoms with Crippen molar-refractivity contribution in [2.45, 2.75) is 45.7 Å². The molecule has 0 saturated carbocycles. The van der Waals surface area contributed by atoms with Gasteiger partial charge in [0.1, 0.15) is 0 Å². The van der Waals surface area contributed by atoms with Crippen molar-refractivity contribution in [1.29, 1.82) is 0 Å². The molecule has 2 aliphatic heterocycles. The van der Waals surface area contributed by atoms with Crippen LogP contribution in [0.25, 0.3) is 5.57 Å². The molecule has 31 heavy (non-hydrogen) atoms. The number of carbonyl (C=O) groups is 1. The van der Waals surface area contributed by atoms with Crippen molar-refractivity contribution in [3.63, 3.8) is 0 Å². The summed E-state index contributed by atoms with van der Waals surface area (Å²) in [4.78, 5) is 18.1. The van der Waals surface area contributed by atoms with E-state index in [0.29, 0.717) is 12.6 Å². The van der Waals surface area contributed by atoms with Crippen LogP contribution >= 0.6 is 0 Å². The smallest absolute Gasteiger partial charge is 0.251 e. The number of benzene rings is 2. The Balaban J connectivity index is 1.60. The van der Waals surface area contributed by atoms with E-state index >= 15 is 0 Å². The van der Waals surface area contributed by atoms with E-state index in [-0.39, 0.29) is 11.8 Å². The number of likely N-dealkylation sites (tertiary alicyclic amines) is 2. The van der Waals surface area contributed by atoms with Crippen LogP contribution in [0.3, 0.4) is 0 Å². The maximum atomic E-state index is 13.5. The SMILES string of the molecule is C/C(=C1/C(=O)N(Cc2ccccc2)CC1/C=C/C(C)N1CCCCC1)c1ccccc1. The first-order valence-corrected chi connectivity index (χ1v) is 11.7. The summed E-state index contributed by atoms with van der Waals surface area (Å²) in [6, 6.07) is 21.0. The predicted octanol–water partition coefficient (Wildman–Crippen LogP) is 5.55. The quantitative estimate of drug-likeness (QED) is 0.457. The molecule has 0 aliphatic carbocycles. The lowest BCUT2D eigenvalue weighted by Crippen LogP contribution is -2.36. The van der Waals surface area contributed by atoms with Crippen molar-refractivity contribution in [2.75, 3.05) is 19.6 Å². The first kappa shape index (κ1) is 21.6. The van der Waals surface area contributed by atoms with Crippen LogP contribution in [0.5, 0.6) is 0 Å². The van der Waals surface area contributed by atoms with Gasteiger partial charge in [0, 0.05) is 30.6 Å². The van der Waals surface area contributed by atoms with Gasteiger partial charge in [-0.15, -0.1) is 0 Å². The second-order valence-corrected chi connectivity index (χ2v) is 8.90. The molecule has 0 bridgehead atoms. The second-order valence-electron chi connectivity index (χ2n) is 8.90. The van der Waals surface area contributed by atoms with Crippen molar-refractivity contribution in [1.82, 2.24) is 9.80 Å². The van der Waals surface area contributed by atoms with Crippen LogP contribution in [0.15, 0.2) is 78.4 Å². The topological polar surface area (TPSA) is 23.6 Å². The van der Waals surface area contributed by atoms with Crippen molar-refractivity contribution in [2.24, 2.45) is 5.92 Å². The molecule has 0 radical (unpaired) electrons.